The fourth-order valence-corrected chi connectivity index (χ4v) is 2.12. The van der Waals surface area contributed by atoms with Crippen molar-refractivity contribution >= 4 is 17.3 Å². The van der Waals surface area contributed by atoms with Crippen LogP contribution in [-0.4, -0.2) is 24.0 Å². The van der Waals surface area contributed by atoms with Gasteiger partial charge in [0.15, 0.2) is 0 Å². The van der Waals surface area contributed by atoms with Crippen LogP contribution in [-0.2, 0) is 0 Å². The Morgan fingerprint density at radius 3 is 2.41 bits per heavy atom. The second-order valence-corrected chi connectivity index (χ2v) is 4.65. The highest BCUT2D eigenvalue weighted by atomic mass is 19.1. The van der Waals surface area contributed by atoms with Crippen molar-refractivity contribution in [1.29, 1.82) is 0 Å². The van der Waals surface area contributed by atoms with E-state index in [1.165, 1.54) is 12.3 Å². The zero-order chi connectivity index (χ0) is 16.1. The van der Waals surface area contributed by atoms with Crippen LogP contribution in [0.2, 0.25) is 0 Å². The Labute approximate surface area is 127 Å². The topological polar surface area (TPSA) is 45.2 Å². The number of nitrogens with one attached hydrogen (secondary N) is 1. The fourth-order valence-electron chi connectivity index (χ4n) is 2.12. The molecule has 0 saturated carbocycles. The van der Waals surface area contributed by atoms with Gasteiger partial charge in [0.1, 0.15) is 17.3 Å². The predicted octanol–water partition coefficient (Wildman–Crippen LogP) is 3.46. The van der Waals surface area contributed by atoms with Gasteiger partial charge in [-0.25, -0.2) is 8.78 Å². The summed E-state index contributed by atoms with van der Waals surface area (Å²) in [5.41, 5.74) is 0.569. The first-order chi connectivity index (χ1) is 10.6. The van der Waals surface area contributed by atoms with Gasteiger partial charge in [0.25, 0.3) is 5.91 Å². The SMILES string of the molecule is CCN(CC)c1cncc(C(=O)Nc2c(F)cccc2F)c1. The van der Waals surface area contributed by atoms with Gasteiger partial charge in [0.2, 0.25) is 0 Å². The summed E-state index contributed by atoms with van der Waals surface area (Å²) in [5.74, 6) is -2.24. The number of nitrogens with zero attached hydrogens (tertiary/aromatic N) is 2. The first kappa shape index (κ1) is 15.9. The van der Waals surface area contributed by atoms with E-state index < -0.39 is 23.2 Å². The summed E-state index contributed by atoms with van der Waals surface area (Å²) in [4.78, 5) is 18.2. The van der Waals surface area contributed by atoms with Crippen molar-refractivity contribution < 1.29 is 13.6 Å². The lowest BCUT2D eigenvalue weighted by atomic mass is 10.2. The van der Waals surface area contributed by atoms with Crippen LogP contribution >= 0.6 is 0 Å². The van der Waals surface area contributed by atoms with Crippen LogP contribution in [0, 0.1) is 11.6 Å². The highest BCUT2D eigenvalue weighted by Crippen LogP contribution is 2.20. The quantitative estimate of drug-likeness (QED) is 0.920. The van der Waals surface area contributed by atoms with E-state index in [1.54, 1.807) is 12.3 Å². The lowest BCUT2D eigenvalue weighted by Gasteiger charge is -2.20. The van der Waals surface area contributed by atoms with Crippen molar-refractivity contribution in [3.63, 3.8) is 0 Å². The molecule has 22 heavy (non-hydrogen) atoms. The van der Waals surface area contributed by atoms with E-state index in [4.69, 9.17) is 0 Å². The first-order valence-electron chi connectivity index (χ1n) is 7.02. The predicted molar refractivity (Wildman–Crippen MR) is 82.1 cm³/mol. The normalized spacial score (nSPS) is 10.4. The number of para-hydroxylation sites is 1. The molecule has 2 rings (SSSR count). The number of rotatable bonds is 5. The summed E-state index contributed by atoms with van der Waals surface area (Å²) >= 11 is 0. The monoisotopic (exact) mass is 305 g/mol. The molecule has 0 bridgehead atoms. The molecule has 0 atom stereocenters. The van der Waals surface area contributed by atoms with Gasteiger partial charge >= 0.3 is 0 Å². The molecule has 0 radical (unpaired) electrons. The Bertz CT molecular complexity index is 652. The Morgan fingerprint density at radius 1 is 1.18 bits per heavy atom. The molecule has 0 aliphatic rings. The molecule has 0 fully saturated rings. The summed E-state index contributed by atoms with van der Waals surface area (Å²) in [6.07, 6.45) is 3.01. The zero-order valence-electron chi connectivity index (χ0n) is 12.4. The molecule has 1 N–H and O–H groups in total. The minimum absolute atomic E-state index is 0.243. The third-order valence-corrected chi connectivity index (χ3v) is 3.32. The van der Waals surface area contributed by atoms with E-state index in [0.29, 0.717) is 0 Å². The molecule has 1 aromatic carbocycles. The number of aromatic nitrogens is 1. The molecular weight excluding hydrogens is 288 g/mol. The summed E-state index contributed by atoms with van der Waals surface area (Å²) in [6.45, 7) is 5.52. The maximum Gasteiger partial charge on any atom is 0.257 e. The molecule has 1 amide bonds. The second kappa shape index (κ2) is 6.98. The molecule has 4 nitrogen and oxygen atoms in total. The van der Waals surface area contributed by atoms with E-state index in [9.17, 15) is 13.6 Å². The van der Waals surface area contributed by atoms with Crippen LogP contribution in [0.4, 0.5) is 20.2 Å². The number of hydrogen-bond donors (Lipinski definition) is 1. The van der Waals surface area contributed by atoms with Gasteiger partial charge in [-0.2, -0.15) is 0 Å². The van der Waals surface area contributed by atoms with E-state index in [1.807, 2.05) is 18.7 Å². The van der Waals surface area contributed by atoms with Crippen molar-refractivity contribution in [1.82, 2.24) is 4.98 Å². The second-order valence-electron chi connectivity index (χ2n) is 4.65. The number of carbonyl (C=O) groups is 1. The van der Waals surface area contributed by atoms with Crippen LogP contribution in [0.25, 0.3) is 0 Å². The Kier molecular flexibility index (Phi) is 5.04. The lowest BCUT2D eigenvalue weighted by Crippen LogP contribution is -2.23. The Morgan fingerprint density at radius 2 is 1.82 bits per heavy atom. The standard InChI is InChI=1S/C16H17F2N3O/c1-3-21(4-2)12-8-11(9-19-10-12)16(22)20-15-13(17)6-5-7-14(15)18/h5-10H,3-4H2,1-2H3,(H,20,22). The molecule has 6 heteroatoms. The van der Waals surface area contributed by atoms with Crippen molar-refractivity contribution in [3.05, 3.63) is 53.9 Å². The summed E-state index contributed by atoms with van der Waals surface area (Å²) in [6, 6.07) is 5.06. The van der Waals surface area contributed by atoms with Crippen LogP contribution in [0.5, 0.6) is 0 Å². The average molecular weight is 305 g/mol. The molecule has 1 heterocycles. The number of halogens is 2. The number of carbonyl (C=O) groups excluding carboxylic acids is 1. The Hall–Kier alpha value is -2.50. The fraction of sp³-hybridized carbons (Fsp3) is 0.250. The molecule has 0 saturated heterocycles. The van der Waals surface area contributed by atoms with Crippen LogP contribution in [0.1, 0.15) is 24.2 Å². The third kappa shape index (κ3) is 3.39. The van der Waals surface area contributed by atoms with Crippen molar-refractivity contribution in [3.8, 4) is 0 Å². The van der Waals surface area contributed by atoms with E-state index >= 15 is 0 Å². The minimum atomic E-state index is -0.818. The van der Waals surface area contributed by atoms with Crippen LogP contribution in [0.15, 0.2) is 36.7 Å². The highest BCUT2D eigenvalue weighted by Gasteiger charge is 2.14. The Balaban J connectivity index is 2.25. The van der Waals surface area contributed by atoms with Gasteiger partial charge in [-0.05, 0) is 32.0 Å². The van der Waals surface area contributed by atoms with E-state index in [-0.39, 0.29) is 5.56 Å². The maximum atomic E-state index is 13.6. The first-order valence-corrected chi connectivity index (χ1v) is 7.02. The molecule has 0 aliphatic heterocycles. The van der Waals surface area contributed by atoms with E-state index in [0.717, 1.165) is 30.9 Å². The summed E-state index contributed by atoms with van der Waals surface area (Å²) in [5, 5.41) is 2.25. The highest BCUT2D eigenvalue weighted by molar-refractivity contribution is 6.04. The van der Waals surface area contributed by atoms with Crippen molar-refractivity contribution in [2.45, 2.75) is 13.8 Å². The van der Waals surface area contributed by atoms with Gasteiger partial charge < -0.3 is 10.2 Å². The molecule has 0 spiro atoms. The molecule has 2 aromatic rings. The lowest BCUT2D eigenvalue weighted by molar-refractivity contribution is 0.102. The van der Waals surface area contributed by atoms with Crippen LogP contribution in [0.3, 0.4) is 0 Å². The number of pyridine rings is 1. The number of amides is 1. The minimum Gasteiger partial charge on any atom is -0.371 e. The molecule has 0 aliphatic carbocycles. The summed E-state index contributed by atoms with van der Waals surface area (Å²) in [7, 11) is 0. The van der Waals surface area contributed by atoms with Gasteiger partial charge in [0.05, 0.1) is 17.4 Å². The average Bonchev–Trinajstić information content (AvgIpc) is 2.52. The maximum absolute atomic E-state index is 13.6. The molecule has 0 unspecified atom stereocenters. The van der Waals surface area contributed by atoms with Crippen molar-refractivity contribution in [2.24, 2.45) is 0 Å². The van der Waals surface area contributed by atoms with Gasteiger partial charge in [-0.15, -0.1) is 0 Å². The smallest absolute Gasteiger partial charge is 0.257 e. The third-order valence-electron chi connectivity index (χ3n) is 3.32. The molecule has 1 aromatic heterocycles. The largest absolute Gasteiger partial charge is 0.371 e. The number of hydrogen-bond acceptors (Lipinski definition) is 3. The number of benzene rings is 1. The van der Waals surface area contributed by atoms with Gasteiger partial charge in [0, 0.05) is 19.3 Å². The molecule has 116 valence electrons. The van der Waals surface area contributed by atoms with Gasteiger partial charge in [-0.3, -0.25) is 9.78 Å². The summed E-state index contributed by atoms with van der Waals surface area (Å²) < 4.78 is 27.1. The van der Waals surface area contributed by atoms with Crippen molar-refractivity contribution in [2.75, 3.05) is 23.3 Å². The van der Waals surface area contributed by atoms with Gasteiger partial charge in [-0.1, -0.05) is 6.07 Å². The van der Waals surface area contributed by atoms with Crippen LogP contribution < -0.4 is 10.2 Å². The number of anilines is 2. The van der Waals surface area contributed by atoms with E-state index in [2.05, 4.69) is 10.3 Å². The molecular formula is C16H17F2N3O. The zero-order valence-corrected chi connectivity index (χ0v) is 12.4.